The van der Waals surface area contributed by atoms with Crippen LogP contribution in [0.4, 0.5) is 5.69 Å². The van der Waals surface area contributed by atoms with E-state index in [1.54, 1.807) is 43.3 Å². The number of rotatable bonds is 4. The summed E-state index contributed by atoms with van der Waals surface area (Å²) in [5, 5.41) is 5.15. The first-order chi connectivity index (χ1) is 12.9. The number of amides is 3. The third kappa shape index (κ3) is 6.19. The van der Waals surface area contributed by atoms with Crippen LogP contribution in [0.5, 0.6) is 0 Å². The Hall–Kier alpha value is -3.26. The number of nitrogens with one attached hydrogen (secondary N) is 4. The van der Waals surface area contributed by atoms with Crippen LogP contribution in [0.3, 0.4) is 0 Å². The number of hydrogen-bond donors (Lipinski definition) is 4. The molecule has 4 N–H and O–H groups in total. The summed E-state index contributed by atoms with van der Waals surface area (Å²) in [6, 6.07) is 13.4. The molecule has 0 unspecified atom stereocenters. The molecule has 2 rings (SSSR count). The van der Waals surface area contributed by atoms with Crippen molar-refractivity contribution >= 4 is 40.7 Å². The summed E-state index contributed by atoms with van der Waals surface area (Å²) in [6.07, 6.45) is 0.373. The van der Waals surface area contributed by atoms with Gasteiger partial charge in [0.25, 0.3) is 11.8 Å². The smallest absolute Gasteiger partial charge is 0.269 e. The van der Waals surface area contributed by atoms with Gasteiger partial charge >= 0.3 is 0 Å². The zero-order valence-electron chi connectivity index (χ0n) is 15.0. The average Bonchev–Trinajstić information content (AvgIpc) is 2.67. The fraction of sp³-hybridized carbons (Fsp3) is 0.158. The van der Waals surface area contributed by atoms with E-state index in [9.17, 15) is 14.4 Å². The van der Waals surface area contributed by atoms with Crippen molar-refractivity contribution in [2.24, 2.45) is 0 Å². The van der Waals surface area contributed by atoms with Crippen LogP contribution < -0.4 is 21.5 Å². The molecule has 0 bridgehead atoms. The number of carbonyl (C=O) groups is 3. The molecule has 0 atom stereocenters. The SMILES string of the molecule is CCC(=O)Nc1ccc(C(=O)NNC(=S)NC(=O)c2ccc(C)cc2)cc1. The van der Waals surface area contributed by atoms with Crippen LogP contribution >= 0.6 is 12.2 Å². The van der Waals surface area contributed by atoms with Gasteiger partial charge in [0.05, 0.1) is 0 Å². The third-order valence-corrected chi connectivity index (χ3v) is 3.79. The first-order valence-corrected chi connectivity index (χ1v) is 8.68. The summed E-state index contributed by atoms with van der Waals surface area (Å²) in [5.41, 5.74) is 7.35. The Balaban J connectivity index is 1.83. The van der Waals surface area contributed by atoms with Gasteiger partial charge in [0.2, 0.25) is 5.91 Å². The lowest BCUT2D eigenvalue weighted by Crippen LogP contribution is -2.48. The molecule has 0 aliphatic carbocycles. The second-order valence-corrected chi connectivity index (χ2v) is 6.12. The summed E-state index contributed by atoms with van der Waals surface area (Å²) in [7, 11) is 0. The van der Waals surface area contributed by atoms with E-state index in [2.05, 4.69) is 21.5 Å². The molecule has 0 heterocycles. The molecule has 8 heteroatoms. The summed E-state index contributed by atoms with van der Waals surface area (Å²) in [6.45, 7) is 3.68. The van der Waals surface area contributed by atoms with Crippen molar-refractivity contribution in [3.05, 3.63) is 65.2 Å². The van der Waals surface area contributed by atoms with Crippen LogP contribution in [-0.2, 0) is 4.79 Å². The van der Waals surface area contributed by atoms with E-state index in [1.165, 1.54) is 0 Å². The number of anilines is 1. The molecular formula is C19H20N4O3S. The van der Waals surface area contributed by atoms with E-state index in [1.807, 2.05) is 19.1 Å². The van der Waals surface area contributed by atoms with Crippen molar-refractivity contribution in [3.63, 3.8) is 0 Å². The predicted octanol–water partition coefficient (Wildman–Crippen LogP) is 2.29. The minimum absolute atomic E-state index is 0.0271. The lowest BCUT2D eigenvalue weighted by Gasteiger charge is -2.11. The lowest BCUT2D eigenvalue weighted by atomic mass is 10.1. The first-order valence-electron chi connectivity index (χ1n) is 8.27. The Bertz CT molecular complexity index is 848. The van der Waals surface area contributed by atoms with Gasteiger partial charge in [-0.25, -0.2) is 0 Å². The maximum absolute atomic E-state index is 12.1. The summed E-state index contributed by atoms with van der Waals surface area (Å²) in [4.78, 5) is 35.5. The van der Waals surface area contributed by atoms with Crippen LogP contribution in [0.2, 0.25) is 0 Å². The van der Waals surface area contributed by atoms with Crippen LogP contribution in [0, 0.1) is 6.92 Å². The van der Waals surface area contributed by atoms with E-state index >= 15 is 0 Å². The highest BCUT2D eigenvalue weighted by atomic mass is 32.1. The van der Waals surface area contributed by atoms with Crippen molar-refractivity contribution < 1.29 is 14.4 Å². The maximum Gasteiger partial charge on any atom is 0.269 e. The summed E-state index contributed by atoms with van der Waals surface area (Å²) in [5.74, 6) is -0.920. The molecule has 0 saturated carbocycles. The summed E-state index contributed by atoms with van der Waals surface area (Å²) < 4.78 is 0. The number of benzene rings is 2. The van der Waals surface area contributed by atoms with Gasteiger partial charge in [-0.3, -0.25) is 30.6 Å². The third-order valence-electron chi connectivity index (χ3n) is 3.58. The molecule has 7 nitrogen and oxygen atoms in total. The van der Waals surface area contributed by atoms with Gasteiger partial charge in [-0.15, -0.1) is 0 Å². The van der Waals surface area contributed by atoms with Crippen LogP contribution in [0.15, 0.2) is 48.5 Å². The number of carbonyl (C=O) groups excluding carboxylic acids is 3. The Morgan fingerprint density at radius 1 is 0.852 bits per heavy atom. The van der Waals surface area contributed by atoms with Crippen molar-refractivity contribution in [2.75, 3.05) is 5.32 Å². The van der Waals surface area contributed by atoms with Gasteiger partial charge < -0.3 is 5.32 Å². The van der Waals surface area contributed by atoms with Crippen molar-refractivity contribution in [1.82, 2.24) is 16.2 Å². The van der Waals surface area contributed by atoms with Crippen LogP contribution in [0.25, 0.3) is 0 Å². The minimum Gasteiger partial charge on any atom is -0.326 e. The first kappa shape index (κ1) is 20.1. The number of thiocarbonyl (C=S) groups is 1. The summed E-state index contributed by atoms with van der Waals surface area (Å²) >= 11 is 5.00. The largest absolute Gasteiger partial charge is 0.326 e. The molecule has 2 aromatic rings. The van der Waals surface area contributed by atoms with Crippen LogP contribution in [0.1, 0.15) is 39.6 Å². The fourth-order valence-electron chi connectivity index (χ4n) is 2.05. The molecule has 0 aliphatic rings. The van der Waals surface area contributed by atoms with Crippen molar-refractivity contribution in [3.8, 4) is 0 Å². The molecule has 0 aromatic heterocycles. The van der Waals surface area contributed by atoms with Gasteiger partial charge in [-0.1, -0.05) is 24.6 Å². The van der Waals surface area contributed by atoms with E-state index in [0.717, 1.165) is 5.56 Å². The molecule has 0 radical (unpaired) electrons. The Morgan fingerprint density at radius 3 is 2.00 bits per heavy atom. The van der Waals surface area contributed by atoms with Gasteiger partial charge in [0.1, 0.15) is 0 Å². The standard InChI is InChI=1S/C19H20N4O3S/c1-3-16(24)20-15-10-8-14(9-11-15)18(26)22-23-19(27)21-17(25)13-6-4-12(2)5-7-13/h4-11H,3H2,1-2H3,(H,20,24)(H,22,26)(H2,21,23,25,27). The quantitative estimate of drug-likeness (QED) is 0.479. The Labute approximate surface area is 162 Å². The normalized spacial score (nSPS) is 9.85. The van der Waals surface area contributed by atoms with Crippen LogP contribution in [-0.4, -0.2) is 22.8 Å². The Morgan fingerprint density at radius 2 is 1.41 bits per heavy atom. The lowest BCUT2D eigenvalue weighted by molar-refractivity contribution is -0.115. The molecular weight excluding hydrogens is 364 g/mol. The predicted molar refractivity (Wildman–Crippen MR) is 107 cm³/mol. The second-order valence-electron chi connectivity index (χ2n) is 5.71. The molecule has 0 spiro atoms. The highest BCUT2D eigenvalue weighted by Gasteiger charge is 2.10. The fourth-order valence-corrected chi connectivity index (χ4v) is 2.20. The molecule has 27 heavy (non-hydrogen) atoms. The van der Waals surface area contributed by atoms with Crippen molar-refractivity contribution in [2.45, 2.75) is 20.3 Å². The second kappa shape index (κ2) is 9.44. The monoisotopic (exact) mass is 384 g/mol. The van der Waals surface area contributed by atoms with Gasteiger partial charge in [0, 0.05) is 23.2 Å². The molecule has 2 aromatic carbocycles. The average molecular weight is 384 g/mol. The van der Waals surface area contributed by atoms with E-state index in [4.69, 9.17) is 12.2 Å². The number of aryl methyl sites for hydroxylation is 1. The minimum atomic E-state index is -0.435. The zero-order chi connectivity index (χ0) is 19.8. The van der Waals surface area contributed by atoms with Gasteiger partial charge in [-0.05, 0) is 55.5 Å². The number of hydrogen-bond acceptors (Lipinski definition) is 4. The molecule has 0 aliphatic heterocycles. The van der Waals surface area contributed by atoms with E-state index < -0.39 is 5.91 Å². The molecule has 0 saturated heterocycles. The maximum atomic E-state index is 12.1. The molecule has 0 fully saturated rings. The highest BCUT2D eigenvalue weighted by Crippen LogP contribution is 2.09. The van der Waals surface area contributed by atoms with E-state index in [0.29, 0.717) is 23.2 Å². The number of hydrazine groups is 1. The van der Waals surface area contributed by atoms with Gasteiger partial charge in [0.15, 0.2) is 5.11 Å². The zero-order valence-corrected chi connectivity index (χ0v) is 15.8. The molecule has 3 amide bonds. The highest BCUT2D eigenvalue weighted by molar-refractivity contribution is 7.80. The van der Waals surface area contributed by atoms with Crippen molar-refractivity contribution in [1.29, 1.82) is 0 Å². The topological polar surface area (TPSA) is 99.3 Å². The molecule has 140 valence electrons. The Kier molecular flexibility index (Phi) is 7.01. The van der Waals surface area contributed by atoms with E-state index in [-0.39, 0.29) is 16.9 Å². The van der Waals surface area contributed by atoms with Gasteiger partial charge in [-0.2, -0.15) is 0 Å².